The minimum atomic E-state index is 0.000405. The van der Waals surface area contributed by atoms with Crippen LogP contribution in [0.4, 0.5) is 34.1 Å². The van der Waals surface area contributed by atoms with Crippen LogP contribution in [0, 0.1) is 0 Å². The van der Waals surface area contributed by atoms with Crippen LogP contribution in [0.1, 0.15) is 188 Å². The lowest BCUT2D eigenvalue weighted by Crippen LogP contribution is -2.60. The van der Waals surface area contributed by atoms with E-state index >= 15 is 0 Å². The summed E-state index contributed by atoms with van der Waals surface area (Å²) < 4.78 is 2.89. The Morgan fingerprint density at radius 3 is 1.66 bits per heavy atom. The van der Waals surface area contributed by atoms with Crippen LogP contribution in [-0.4, -0.2) is 6.71 Å². The second-order valence-electron chi connectivity index (χ2n) is 25.2. The summed E-state index contributed by atoms with van der Waals surface area (Å²) in [5, 5.41) is 1.41. The zero-order valence-corrected chi connectivity index (χ0v) is 42.9. The molecule has 0 fully saturated rings. The molecule has 0 saturated heterocycles. The molecule has 2 aliphatic heterocycles. The number of benzene rings is 5. The summed E-state index contributed by atoms with van der Waals surface area (Å²) in [7, 11) is 0. The molecule has 0 radical (unpaired) electrons. The molecule has 1 aromatic heterocycles. The van der Waals surface area contributed by atoms with Crippen molar-refractivity contribution < 1.29 is 0 Å². The Kier molecular flexibility index (Phi) is 9.62. The molecular weight excluding hydrogens is 792 g/mol. The normalized spacial score (nSPS) is 19.4. The molecule has 2 nitrogen and oxygen atoms in total. The van der Waals surface area contributed by atoms with Gasteiger partial charge in [-0.1, -0.05) is 141 Å². The van der Waals surface area contributed by atoms with Crippen molar-refractivity contribution in [2.24, 2.45) is 0 Å². The van der Waals surface area contributed by atoms with Crippen LogP contribution in [0.25, 0.3) is 10.1 Å². The molecule has 6 aromatic rings. The van der Waals surface area contributed by atoms with Gasteiger partial charge in [-0.25, -0.2) is 0 Å². The van der Waals surface area contributed by atoms with Gasteiger partial charge in [-0.05, 0) is 175 Å². The lowest BCUT2D eigenvalue weighted by Gasteiger charge is -2.45. The van der Waals surface area contributed by atoms with E-state index in [2.05, 4.69) is 217 Å². The predicted octanol–water partition coefficient (Wildman–Crippen LogP) is 15.8. The maximum Gasteiger partial charge on any atom is 0.264 e. The third kappa shape index (κ3) is 6.60. The molecule has 0 saturated carbocycles. The Labute approximate surface area is 391 Å². The van der Waals surface area contributed by atoms with Crippen LogP contribution in [0.2, 0.25) is 0 Å². The maximum absolute atomic E-state index is 2.76. The summed E-state index contributed by atoms with van der Waals surface area (Å²) in [6, 6.07) is 35.1. The summed E-state index contributed by atoms with van der Waals surface area (Å²) in [6.07, 6.45) is 5.90. The van der Waals surface area contributed by atoms with Crippen LogP contribution in [0.5, 0.6) is 0 Å². The van der Waals surface area contributed by atoms with Crippen molar-refractivity contribution in [3.8, 4) is 0 Å². The Bertz CT molecular complexity index is 2870. The van der Waals surface area contributed by atoms with Crippen molar-refractivity contribution in [1.82, 2.24) is 0 Å². The van der Waals surface area contributed by atoms with Crippen LogP contribution in [-0.2, 0) is 32.5 Å². The van der Waals surface area contributed by atoms with Gasteiger partial charge in [0.1, 0.15) is 0 Å². The molecule has 4 heteroatoms. The molecule has 64 heavy (non-hydrogen) atoms. The SMILES string of the molecule is CCC(C)c1cc2c3c(c1)N(c1ccc4c(c1)C(C)(C)CCC4(C)C)c1c(sc4cc5c(cc14)C(C)(C)CCC5(C)C)B3c1ccc(C(C)(C)C)cc1N2c1ccc(C(C)(C)C)cc1. The molecule has 0 amide bonds. The first kappa shape index (κ1) is 43.6. The second-order valence-corrected chi connectivity index (χ2v) is 26.3. The highest BCUT2D eigenvalue weighted by Gasteiger charge is 2.48. The summed E-state index contributed by atoms with van der Waals surface area (Å²) >= 11 is 2.07. The molecule has 5 aromatic carbocycles. The van der Waals surface area contributed by atoms with Gasteiger partial charge in [0.05, 0.1) is 5.69 Å². The average molecular weight is 865 g/mol. The van der Waals surface area contributed by atoms with Crippen molar-refractivity contribution >= 4 is 78.0 Å². The summed E-state index contributed by atoms with van der Waals surface area (Å²) in [5.74, 6) is 0.396. The van der Waals surface area contributed by atoms with Crippen LogP contribution >= 0.6 is 11.3 Å². The Balaban J connectivity index is 1.35. The van der Waals surface area contributed by atoms with Crippen molar-refractivity contribution in [3.63, 3.8) is 0 Å². The van der Waals surface area contributed by atoms with Gasteiger partial charge in [0.15, 0.2) is 0 Å². The number of anilines is 6. The van der Waals surface area contributed by atoms with E-state index in [0.717, 1.165) is 6.42 Å². The smallest absolute Gasteiger partial charge is 0.264 e. The number of fused-ring (bicyclic) bond motifs is 8. The fourth-order valence-electron chi connectivity index (χ4n) is 11.9. The van der Waals surface area contributed by atoms with Crippen LogP contribution in [0.3, 0.4) is 0 Å². The van der Waals surface area contributed by atoms with Gasteiger partial charge >= 0.3 is 0 Å². The quantitative estimate of drug-likeness (QED) is 0.163. The third-order valence-corrected chi connectivity index (χ3v) is 18.0. The van der Waals surface area contributed by atoms with Crippen molar-refractivity contribution in [3.05, 3.63) is 124 Å². The fourth-order valence-corrected chi connectivity index (χ4v) is 13.3. The van der Waals surface area contributed by atoms with E-state index in [-0.39, 0.29) is 39.2 Å². The largest absolute Gasteiger partial charge is 0.311 e. The Hall–Kier alpha value is -4.28. The second kappa shape index (κ2) is 14.1. The summed E-state index contributed by atoms with van der Waals surface area (Å²) in [5.41, 5.74) is 21.5. The molecule has 3 heterocycles. The van der Waals surface area contributed by atoms with Gasteiger partial charge in [-0.3, -0.25) is 0 Å². The first-order valence-electron chi connectivity index (χ1n) is 24.6. The molecule has 0 bridgehead atoms. The highest BCUT2D eigenvalue weighted by Crippen LogP contribution is 2.54. The number of hydrogen-bond donors (Lipinski definition) is 0. The molecular formula is C60H73BN2S. The highest BCUT2D eigenvalue weighted by molar-refractivity contribution is 7.33. The van der Waals surface area contributed by atoms with Crippen molar-refractivity contribution in [2.75, 3.05) is 9.80 Å². The molecule has 0 N–H and O–H groups in total. The molecule has 332 valence electrons. The van der Waals surface area contributed by atoms with E-state index < -0.39 is 0 Å². The molecule has 0 spiro atoms. The number of nitrogens with zero attached hydrogens (tertiary/aromatic N) is 2. The summed E-state index contributed by atoms with van der Waals surface area (Å²) in [4.78, 5) is 5.41. The minimum absolute atomic E-state index is 0.000405. The van der Waals surface area contributed by atoms with Crippen molar-refractivity contribution in [2.45, 2.75) is 181 Å². The number of rotatable bonds is 4. The van der Waals surface area contributed by atoms with Gasteiger partial charge in [0.2, 0.25) is 0 Å². The van der Waals surface area contributed by atoms with Gasteiger partial charge in [-0.2, -0.15) is 0 Å². The molecule has 4 aliphatic rings. The van der Waals surface area contributed by atoms with Crippen LogP contribution < -0.4 is 25.5 Å². The average Bonchev–Trinajstić information content (AvgIpc) is 3.60. The molecule has 1 unspecified atom stereocenters. The standard InChI is InChI=1S/C60H73BN2S/c1-17-36(2)37-30-49-52-50(31-37)63(41-23-24-43-44(33-41)58(11,12)27-26-57(43,9)10)53-42-34-45-46(60(15,16)29-28-59(45,13)14)35-51(42)64-54(53)61(52)47-25-20-39(56(6,7)8)32-48(47)62(49)40-21-18-38(19-22-40)55(3,4)5/h18-25,30-36H,17,26-29H2,1-16H3. The third-order valence-electron chi connectivity index (χ3n) is 16.8. The van der Waals surface area contributed by atoms with Gasteiger partial charge < -0.3 is 9.80 Å². The lowest BCUT2D eigenvalue weighted by molar-refractivity contribution is 0.332. The lowest BCUT2D eigenvalue weighted by atomic mass is 9.36. The highest BCUT2D eigenvalue weighted by atomic mass is 32.1. The van der Waals surface area contributed by atoms with E-state index in [1.165, 1.54) is 119 Å². The Morgan fingerprint density at radius 2 is 1.08 bits per heavy atom. The molecule has 1 atom stereocenters. The number of thiophene rings is 1. The zero-order chi connectivity index (χ0) is 45.8. The Morgan fingerprint density at radius 1 is 0.562 bits per heavy atom. The van der Waals surface area contributed by atoms with E-state index in [4.69, 9.17) is 0 Å². The van der Waals surface area contributed by atoms with Gasteiger partial charge in [0.25, 0.3) is 6.71 Å². The minimum Gasteiger partial charge on any atom is -0.311 e. The van der Waals surface area contributed by atoms with E-state index in [1.54, 1.807) is 5.56 Å². The topological polar surface area (TPSA) is 6.48 Å². The van der Waals surface area contributed by atoms with Gasteiger partial charge in [0, 0.05) is 43.3 Å². The maximum atomic E-state index is 2.76. The monoisotopic (exact) mass is 865 g/mol. The zero-order valence-electron chi connectivity index (χ0n) is 42.1. The van der Waals surface area contributed by atoms with Gasteiger partial charge in [-0.15, -0.1) is 11.3 Å². The fraction of sp³-hybridized carbons (Fsp3) is 0.467. The first-order valence-corrected chi connectivity index (χ1v) is 25.4. The number of hydrogen-bond acceptors (Lipinski definition) is 3. The molecule has 2 aliphatic carbocycles. The molecule has 10 rings (SSSR count). The van der Waals surface area contributed by atoms with Crippen molar-refractivity contribution in [1.29, 1.82) is 0 Å². The van der Waals surface area contributed by atoms with Crippen LogP contribution in [0.15, 0.2) is 84.9 Å². The van der Waals surface area contributed by atoms with E-state index in [9.17, 15) is 0 Å². The van der Waals surface area contributed by atoms with E-state index in [1.807, 2.05) is 0 Å². The summed E-state index contributed by atoms with van der Waals surface area (Å²) in [6.45, 7) is 38.8. The van der Waals surface area contributed by atoms with E-state index in [0.29, 0.717) is 5.92 Å². The predicted molar refractivity (Wildman–Crippen MR) is 283 cm³/mol. The first-order chi connectivity index (χ1) is 29.8.